The van der Waals surface area contributed by atoms with Gasteiger partial charge < -0.3 is 10.5 Å². The van der Waals surface area contributed by atoms with E-state index in [0.29, 0.717) is 12.5 Å². The van der Waals surface area contributed by atoms with E-state index in [-0.39, 0.29) is 18.4 Å². The second-order valence-corrected chi connectivity index (χ2v) is 5.91. The molecule has 1 aliphatic carbocycles. The summed E-state index contributed by atoms with van der Waals surface area (Å²) in [6.07, 6.45) is 5.20. The lowest BCUT2D eigenvalue weighted by molar-refractivity contribution is 0.306. The molecular weight excluding hydrogens is 294 g/mol. The number of nitrogens with two attached hydrogens (primary N) is 1. The Morgan fingerprint density at radius 2 is 1.59 bits per heavy atom. The Morgan fingerprint density at radius 3 is 2.23 bits per heavy atom. The summed E-state index contributed by atoms with van der Waals surface area (Å²) in [5, 5.41) is 0. The zero-order valence-electron chi connectivity index (χ0n) is 12.8. The second-order valence-electron chi connectivity index (χ2n) is 5.91. The van der Waals surface area contributed by atoms with Gasteiger partial charge in [0.25, 0.3) is 0 Å². The van der Waals surface area contributed by atoms with Gasteiger partial charge in [0, 0.05) is 6.04 Å². The molecule has 0 amide bonds. The molecular formula is C19H24ClNO. The van der Waals surface area contributed by atoms with Crippen LogP contribution >= 0.6 is 12.4 Å². The lowest BCUT2D eigenvalue weighted by Crippen LogP contribution is -2.18. The molecule has 0 bridgehead atoms. The van der Waals surface area contributed by atoms with Crippen molar-refractivity contribution in [3.8, 4) is 5.75 Å². The number of hydrogen-bond acceptors (Lipinski definition) is 2. The van der Waals surface area contributed by atoms with Crippen molar-refractivity contribution >= 4 is 12.4 Å². The van der Waals surface area contributed by atoms with Gasteiger partial charge in [-0.05, 0) is 42.0 Å². The van der Waals surface area contributed by atoms with Crippen LogP contribution in [0, 0.1) is 5.92 Å². The molecule has 2 N–H and O–H groups in total. The molecule has 1 atom stereocenters. The topological polar surface area (TPSA) is 35.2 Å². The zero-order chi connectivity index (χ0) is 14.5. The third-order valence-corrected chi connectivity index (χ3v) is 4.42. The van der Waals surface area contributed by atoms with Crippen molar-refractivity contribution in [3.63, 3.8) is 0 Å². The van der Waals surface area contributed by atoms with Crippen molar-refractivity contribution in [2.45, 2.75) is 38.3 Å². The van der Waals surface area contributed by atoms with Crippen molar-refractivity contribution in [2.75, 3.05) is 0 Å². The van der Waals surface area contributed by atoms with Gasteiger partial charge in [-0.1, -0.05) is 55.3 Å². The van der Waals surface area contributed by atoms with Crippen molar-refractivity contribution in [2.24, 2.45) is 11.7 Å². The molecule has 2 aromatic carbocycles. The van der Waals surface area contributed by atoms with E-state index in [9.17, 15) is 0 Å². The molecule has 1 aliphatic rings. The third kappa shape index (κ3) is 4.25. The highest BCUT2D eigenvalue weighted by Crippen LogP contribution is 2.34. The predicted molar refractivity (Wildman–Crippen MR) is 93.4 cm³/mol. The van der Waals surface area contributed by atoms with E-state index in [0.717, 1.165) is 5.75 Å². The standard InChI is InChI=1S/C19H23NO.ClH/c20-19(16-8-4-5-9-16)17-10-12-18(13-11-17)21-14-15-6-2-1-3-7-15;/h1-3,6-7,10-13,16,19H,4-5,8-9,14,20H2;1H/t19-;/m1./s1. The molecule has 0 aromatic heterocycles. The van der Waals surface area contributed by atoms with Gasteiger partial charge in [-0.3, -0.25) is 0 Å². The SMILES string of the molecule is Cl.N[C@@H](c1ccc(OCc2ccccc2)cc1)C1CCCC1. The summed E-state index contributed by atoms with van der Waals surface area (Å²) in [7, 11) is 0. The molecule has 0 aliphatic heterocycles. The van der Waals surface area contributed by atoms with Gasteiger partial charge in [0.15, 0.2) is 0 Å². The van der Waals surface area contributed by atoms with Crippen LogP contribution < -0.4 is 10.5 Å². The van der Waals surface area contributed by atoms with E-state index < -0.39 is 0 Å². The van der Waals surface area contributed by atoms with Gasteiger partial charge in [-0.25, -0.2) is 0 Å². The molecule has 3 heteroatoms. The molecule has 0 radical (unpaired) electrons. The maximum atomic E-state index is 6.37. The Labute approximate surface area is 139 Å². The molecule has 0 heterocycles. The Bertz CT molecular complexity index is 549. The van der Waals surface area contributed by atoms with Crippen LogP contribution in [-0.4, -0.2) is 0 Å². The summed E-state index contributed by atoms with van der Waals surface area (Å²) in [5.41, 5.74) is 8.79. The highest BCUT2D eigenvalue weighted by atomic mass is 35.5. The van der Waals surface area contributed by atoms with Crippen molar-refractivity contribution < 1.29 is 4.74 Å². The van der Waals surface area contributed by atoms with Gasteiger partial charge in [0.05, 0.1) is 0 Å². The molecule has 22 heavy (non-hydrogen) atoms. The maximum Gasteiger partial charge on any atom is 0.119 e. The molecule has 2 nitrogen and oxygen atoms in total. The highest BCUT2D eigenvalue weighted by Gasteiger charge is 2.22. The molecule has 0 unspecified atom stereocenters. The van der Waals surface area contributed by atoms with Gasteiger partial charge >= 0.3 is 0 Å². The van der Waals surface area contributed by atoms with Gasteiger partial charge in [-0.2, -0.15) is 0 Å². The second kappa shape index (κ2) is 8.21. The van der Waals surface area contributed by atoms with E-state index in [1.54, 1.807) is 0 Å². The van der Waals surface area contributed by atoms with Crippen LogP contribution in [0.2, 0.25) is 0 Å². The fourth-order valence-corrected chi connectivity index (χ4v) is 3.12. The Morgan fingerprint density at radius 1 is 0.955 bits per heavy atom. The Kier molecular flexibility index (Phi) is 6.29. The summed E-state index contributed by atoms with van der Waals surface area (Å²) < 4.78 is 5.81. The number of ether oxygens (including phenoxy) is 1. The van der Waals surface area contributed by atoms with Crippen molar-refractivity contribution in [3.05, 3.63) is 65.7 Å². The van der Waals surface area contributed by atoms with Crippen molar-refractivity contribution in [1.29, 1.82) is 0 Å². The largest absolute Gasteiger partial charge is 0.489 e. The average molecular weight is 318 g/mol. The van der Waals surface area contributed by atoms with E-state index in [4.69, 9.17) is 10.5 Å². The van der Waals surface area contributed by atoms with Crippen LogP contribution in [0.1, 0.15) is 42.9 Å². The average Bonchev–Trinajstić information content (AvgIpc) is 3.08. The van der Waals surface area contributed by atoms with E-state index in [2.05, 4.69) is 24.3 Å². The summed E-state index contributed by atoms with van der Waals surface area (Å²) in [5.74, 6) is 1.56. The van der Waals surface area contributed by atoms with Gasteiger partial charge in [0.1, 0.15) is 12.4 Å². The van der Waals surface area contributed by atoms with Crippen molar-refractivity contribution in [1.82, 2.24) is 0 Å². The zero-order valence-corrected chi connectivity index (χ0v) is 13.6. The first kappa shape index (κ1) is 16.9. The molecule has 2 aromatic rings. The molecule has 1 fully saturated rings. The number of benzene rings is 2. The molecule has 118 valence electrons. The highest BCUT2D eigenvalue weighted by molar-refractivity contribution is 5.85. The lowest BCUT2D eigenvalue weighted by atomic mass is 9.92. The number of halogens is 1. The third-order valence-electron chi connectivity index (χ3n) is 4.42. The minimum atomic E-state index is 0. The Hall–Kier alpha value is -1.51. The predicted octanol–water partition coefficient (Wildman–Crippen LogP) is 4.88. The summed E-state index contributed by atoms with van der Waals surface area (Å²) in [6, 6.07) is 18.7. The smallest absolute Gasteiger partial charge is 0.119 e. The quantitative estimate of drug-likeness (QED) is 0.853. The minimum absolute atomic E-state index is 0. The normalized spacial score (nSPS) is 16.0. The van der Waals surface area contributed by atoms with Gasteiger partial charge in [-0.15, -0.1) is 12.4 Å². The van der Waals surface area contributed by atoms with Crippen LogP contribution in [0.4, 0.5) is 0 Å². The Balaban J connectivity index is 0.00000176. The van der Waals surface area contributed by atoms with Crippen LogP contribution in [0.25, 0.3) is 0 Å². The molecule has 0 saturated heterocycles. The minimum Gasteiger partial charge on any atom is -0.489 e. The summed E-state index contributed by atoms with van der Waals surface area (Å²) in [6.45, 7) is 0.606. The monoisotopic (exact) mass is 317 g/mol. The number of hydrogen-bond donors (Lipinski definition) is 1. The fraction of sp³-hybridized carbons (Fsp3) is 0.368. The first-order chi connectivity index (χ1) is 10.3. The molecule has 0 spiro atoms. The van der Waals surface area contributed by atoms with Gasteiger partial charge in [0.2, 0.25) is 0 Å². The summed E-state index contributed by atoms with van der Waals surface area (Å²) >= 11 is 0. The van der Waals surface area contributed by atoms with Crippen LogP contribution in [-0.2, 0) is 6.61 Å². The lowest BCUT2D eigenvalue weighted by Gasteiger charge is -2.19. The molecule has 3 rings (SSSR count). The van der Waals surface area contributed by atoms with E-state index in [1.165, 1.54) is 36.8 Å². The first-order valence-electron chi connectivity index (χ1n) is 7.85. The fourth-order valence-electron chi connectivity index (χ4n) is 3.12. The number of rotatable bonds is 5. The first-order valence-corrected chi connectivity index (χ1v) is 7.85. The van der Waals surface area contributed by atoms with E-state index in [1.807, 2.05) is 30.3 Å². The molecule has 1 saturated carbocycles. The maximum absolute atomic E-state index is 6.37. The van der Waals surface area contributed by atoms with Crippen LogP contribution in [0.3, 0.4) is 0 Å². The van der Waals surface area contributed by atoms with Crippen LogP contribution in [0.5, 0.6) is 5.75 Å². The van der Waals surface area contributed by atoms with E-state index >= 15 is 0 Å². The van der Waals surface area contributed by atoms with Crippen LogP contribution in [0.15, 0.2) is 54.6 Å². The summed E-state index contributed by atoms with van der Waals surface area (Å²) in [4.78, 5) is 0.